The number of nitrogens with zero attached hydrogens (tertiary/aromatic N) is 2. The summed E-state index contributed by atoms with van der Waals surface area (Å²) in [6.45, 7) is -0.373. The van der Waals surface area contributed by atoms with Gasteiger partial charge in [-0.05, 0) is 36.4 Å². The number of hydrogen-bond acceptors (Lipinski definition) is 8. The number of halogens is 1. The molecule has 11 heteroatoms. The van der Waals surface area contributed by atoms with Crippen LogP contribution in [-0.2, 0) is 10.0 Å². The number of nitrogens with one attached hydrogen (secondary N) is 3. The Balaban J connectivity index is 1.83. The van der Waals surface area contributed by atoms with Gasteiger partial charge < -0.3 is 15.7 Å². The van der Waals surface area contributed by atoms with Crippen LogP contribution < -0.4 is 15.4 Å². The molecule has 30 heavy (non-hydrogen) atoms. The van der Waals surface area contributed by atoms with Crippen LogP contribution in [0.5, 0.6) is 0 Å². The number of benzene rings is 2. The third-order valence-corrected chi connectivity index (χ3v) is 5.64. The molecule has 1 aromatic heterocycles. The van der Waals surface area contributed by atoms with Crippen LogP contribution in [0, 0.1) is 0 Å². The van der Waals surface area contributed by atoms with Crippen LogP contribution >= 0.6 is 11.6 Å². The standard InChI is InChI=1S/C19H18ClN5O4S/c20-17-16(12-27)18(22-13-4-2-1-3-5-13)25-19(24-17)23-14-6-8-15(9-7-14)30(28,29)21-10-11-26/h1-9,12,21,26H,10-11H2,(H2,22,23,24,25). The van der Waals surface area contributed by atoms with E-state index in [1.807, 2.05) is 30.3 Å². The highest BCUT2D eigenvalue weighted by Gasteiger charge is 2.15. The first-order valence-corrected chi connectivity index (χ1v) is 10.6. The highest BCUT2D eigenvalue weighted by molar-refractivity contribution is 7.89. The second-order valence-electron chi connectivity index (χ2n) is 5.98. The first-order valence-electron chi connectivity index (χ1n) is 8.75. The SMILES string of the molecule is O=Cc1c(Cl)nc(Nc2ccc(S(=O)(=O)NCCO)cc2)nc1Nc1ccccc1. The molecule has 0 spiro atoms. The van der Waals surface area contributed by atoms with E-state index in [0.29, 0.717) is 17.7 Å². The molecule has 0 radical (unpaired) electrons. The summed E-state index contributed by atoms with van der Waals surface area (Å²) in [7, 11) is -3.71. The molecule has 3 rings (SSSR count). The second kappa shape index (κ2) is 9.63. The Morgan fingerprint density at radius 3 is 2.27 bits per heavy atom. The molecule has 0 fully saturated rings. The largest absolute Gasteiger partial charge is 0.395 e. The number of carbonyl (C=O) groups is 1. The molecule has 4 N–H and O–H groups in total. The van der Waals surface area contributed by atoms with Gasteiger partial charge in [0, 0.05) is 17.9 Å². The number of aromatic nitrogens is 2. The first kappa shape index (κ1) is 21.7. The summed E-state index contributed by atoms with van der Waals surface area (Å²) in [5.41, 5.74) is 1.34. The molecule has 1 heterocycles. The lowest BCUT2D eigenvalue weighted by atomic mass is 10.3. The van der Waals surface area contributed by atoms with E-state index in [0.717, 1.165) is 0 Å². The summed E-state index contributed by atoms with van der Waals surface area (Å²) < 4.78 is 26.4. The van der Waals surface area contributed by atoms with Crippen molar-refractivity contribution in [1.82, 2.24) is 14.7 Å². The summed E-state index contributed by atoms with van der Waals surface area (Å²) in [5.74, 6) is 0.351. The van der Waals surface area contributed by atoms with Crippen molar-refractivity contribution in [2.45, 2.75) is 4.90 Å². The quantitative estimate of drug-likeness (QED) is 0.290. The van der Waals surface area contributed by atoms with Gasteiger partial charge in [-0.1, -0.05) is 29.8 Å². The van der Waals surface area contributed by atoms with Gasteiger partial charge in [-0.3, -0.25) is 4.79 Å². The highest BCUT2D eigenvalue weighted by atomic mass is 35.5. The van der Waals surface area contributed by atoms with Gasteiger partial charge in [-0.25, -0.2) is 13.1 Å². The number of aldehydes is 1. The van der Waals surface area contributed by atoms with Crippen LogP contribution in [0.4, 0.5) is 23.1 Å². The molecule has 0 aliphatic heterocycles. The third-order valence-electron chi connectivity index (χ3n) is 3.88. The van der Waals surface area contributed by atoms with Crippen molar-refractivity contribution in [3.05, 3.63) is 65.3 Å². The summed E-state index contributed by atoms with van der Waals surface area (Å²) >= 11 is 6.13. The molecule has 0 aliphatic carbocycles. The van der Waals surface area contributed by atoms with Crippen LogP contribution in [-0.4, -0.2) is 42.9 Å². The molecule has 0 atom stereocenters. The summed E-state index contributed by atoms with van der Waals surface area (Å²) in [5, 5.41) is 14.7. The van der Waals surface area contributed by atoms with Crippen molar-refractivity contribution in [1.29, 1.82) is 0 Å². The summed E-state index contributed by atoms with van der Waals surface area (Å²) in [6, 6.07) is 15.0. The molecule has 0 aliphatic rings. The fraction of sp³-hybridized carbons (Fsp3) is 0.105. The van der Waals surface area contributed by atoms with Crippen LogP contribution in [0.15, 0.2) is 59.5 Å². The number of anilines is 4. The average Bonchev–Trinajstić information content (AvgIpc) is 2.73. The minimum Gasteiger partial charge on any atom is -0.395 e. The van der Waals surface area contributed by atoms with Gasteiger partial charge in [-0.15, -0.1) is 0 Å². The molecule has 0 unspecified atom stereocenters. The average molecular weight is 448 g/mol. The third kappa shape index (κ3) is 5.30. The number of aliphatic hydroxyl groups is 1. The van der Waals surface area contributed by atoms with E-state index >= 15 is 0 Å². The Labute approximate surface area is 178 Å². The zero-order valence-corrected chi connectivity index (χ0v) is 17.1. The van der Waals surface area contributed by atoms with E-state index in [-0.39, 0.29) is 40.5 Å². The molecular weight excluding hydrogens is 430 g/mol. The zero-order valence-electron chi connectivity index (χ0n) is 15.5. The Kier molecular flexibility index (Phi) is 6.95. The Morgan fingerprint density at radius 2 is 1.63 bits per heavy atom. The number of rotatable bonds is 9. The van der Waals surface area contributed by atoms with E-state index in [2.05, 4.69) is 25.3 Å². The predicted octanol–water partition coefficient (Wildman–Crippen LogP) is 2.70. The fourth-order valence-electron chi connectivity index (χ4n) is 2.47. The molecule has 0 saturated heterocycles. The van der Waals surface area contributed by atoms with Gasteiger partial charge >= 0.3 is 0 Å². The summed E-state index contributed by atoms with van der Waals surface area (Å²) in [6.07, 6.45) is 0.566. The fourth-order valence-corrected chi connectivity index (χ4v) is 3.70. The lowest BCUT2D eigenvalue weighted by Crippen LogP contribution is -2.26. The van der Waals surface area contributed by atoms with Crippen LogP contribution in [0.3, 0.4) is 0 Å². The van der Waals surface area contributed by atoms with E-state index in [1.165, 1.54) is 24.3 Å². The van der Waals surface area contributed by atoms with Crippen molar-refractivity contribution in [3.8, 4) is 0 Å². The van der Waals surface area contributed by atoms with Crippen molar-refractivity contribution in [2.24, 2.45) is 0 Å². The van der Waals surface area contributed by atoms with Gasteiger partial charge in [0.15, 0.2) is 6.29 Å². The zero-order chi connectivity index (χ0) is 21.6. The summed E-state index contributed by atoms with van der Waals surface area (Å²) in [4.78, 5) is 19.8. The lowest BCUT2D eigenvalue weighted by Gasteiger charge is -2.12. The van der Waals surface area contributed by atoms with Crippen molar-refractivity contribution in [2.75, 3.05) is 23.8 Å². The molecule has 156 valence electrons. The minimum atomic E-state index is -3.71. The molecule has 0 saturated carbocycles. The van der Waals surface area contributed by atoms with E-state index in [1.54, 1.807) is 0 Å². The predicted molar refractivity (Wildman–Crippen MR) is 114 cm³/mol. The normalized spacial score (nSPS) is 11.1. The smallest absolute Gasteiger partial charge is 0.240 e. The number of carbonyl (C=O) groups excluding carboxylic acids is 1. The molecule has 2 aromatic carbocycles. The molecule has 0 bridgehead atoms. The van der Waals surface area contributed by atoms with Gasteiger partial charge in [0.1, 0.15) is 11.0 Å². The van der Waals surface area contributed by atoms with Crippen LogP contribution in [0.1, 0.15) is 10.4 Å². The molecule has 0 amide bonds. The minimum absolute atomic E-state index is 0.0340. The molecule has 3 aromatic rings. The maximum absolute atomic E-state index is 12.1. The lowest BCUT2D eigenvalue weighted by molar-refractivity contribution is 0.112. The number of sulfonamides is 1. The first-order chi connectivity index (χ1) is 14.4. The van der Waals surface area contributed by atoms with E-state index in [4.69, 9.17) is 16.7 Å². The van der Waals surface area contributed by atoms with Gasteiger partial charge in [0.2, 0.25) is 16.0 Å². The maximum Gasteiger partial charge on any atom is 0.240 e. The van der Waals surface area contributed by atoms with Gasteiger partial charge in [-0.2, -0.15) is 9.97 Å². The number of para-hydroxylation sites is 1. The Morgan fingerprint density at radius 1 is 0.967 bits per heavy atom. The Bertz CT molecular complexity index is 1130. The molecular formula is C19H18ClN5O4S. The second-order valence-corrected chi connectivity index (χ2v) is 8.10. The van der Waals surface area contributed by atoms with Crippen LogP contribution in [0.25, 0.3) is 0 Å². The van der Waals surface area contributed by atoms with Gasteiger partial charge in [0.25, 0.3) is 0 Å². The number of hydrogen-bond donors (Lipinski definition) is 4. The highest BCUT2D eigenvalue weighted by Crippen LogP contribution is 2.26. The van der Waals surface area contributed by atoms with Crippen molar-refractivity contribution >= 4 is 51.1 Å². The number of aliphatic hydroxyl groups excluding tert-OH is 1. The van der Waals surface area contributed by atoms with Crippen molar-refractivity contribution < 1.29 is 18.3 Å². The monoisotopic (exact) mass is 447 g/mol. The van der Waals surface area contributed by atoms with E-state index < -0.39 is 10.0 Å². The van der Waals surface area contributed by atoms with Crippen LogP contribution in [0.2, 0.25) is 5.15 Å². The maximum atomic E-state index is 12.1. The van der Waals surface area contributed by atoms with E-state index in [9.17, 15) is 13.2 Å². The van der Waals surface area contributed by atoms with Crippen molar-refractivity contribution in [3.63, 3.8) is 0 Å². The van der Waals surface area contributed by atoms with Gasteiger partial charge in [0.05, 0.1) is 17.1 Å². The Hall–Kier alpha value is -3.05. The molecule has 9 nitrogen and oxygen atoms in total. The topological polar surface area (TPSA) is 133 Å².